The maximum atomic E-state index is 12.5. The van der Waals surface area contributed by atoms with Gasteiger partial charge in [0.2, 0.25) is 5.91 Å². The summed E-state index contributed by atoms with van der Waals surface area (Å²) < 4.78 is 5.28. The highest BCUT2D eigenvalue weighted by Gasteiger charge is 2.42. The number of nitrogens with two attached hydrogens (primary N) is 1. The van der Waals surface area contributed by atoms with Gasteiger partial charge in [0.15, 0.2) is 0 Å². The van der Waals surface area contributed by atoms with Gasteiger partial charge in [-0.25, -0.2) is 0 Å². The molecule has 1 amide bonds. The maximum Gasteiger partial charge on any atom is 0.245 e. The van der Waals surface area contributed by atoms with Crippen LogP contribution in [0.5, 0.6) is 0 Å². The van der Waals surface area contributed by atoms with E-state index in [1.165, 1.54) is 0 Å². The fourth-order valence-electron chi connectivity index (χ4n) is 2.71. The van der Waals surface area contributed by atoms with Gasteiger partial charge in [-0.3, -0.25) is 4.79 Å². The Balaban J connectivity index is 2.07. The standard InChI is InChI=1S/C12H23N3O2/c1-10-8-14(2)5-3-6-15(10)11(16)12(13)4-7-17-9-12/h10H,3-9,13H2,1-2H3. The molecule has 0 aromatic heterocycles. The first-order valence-corrected chi connectivity index (χ1v) is 6.39. The zero-order valence-electron chi connectivity index (χ0n) is 10.8. The van der Waals surface area contributed by atoms with E-state index < -0.39 is 5.54 Å². The number of hydrogen-bond donors (Lipinski definition) is 1. The van der Waals surface area contributed by atoms with Crippen LogP contribution in [0.1, 0.15) is 19.8 Å². The van der Waals surface area contributed by atoms with Gasteiger partial charge >= 0.3 is 0 Å². The van der Waals surface area contributed by atoms with Crippen molar-refractivity contribution in [2.75, 3.05) is 39.9 Å². The van der Waals surface area contributed by atoms with Crippen LogP contribution < -0.4 is 5.73 Å². The molecule has 2 aliphatic rings. The molecule has 5 heteroatoms. The lowest BCUT2D eigenvalue weighted by molar-refractivity contribution is -0.138. The van der Waals surface area contributed by atoms with Crippen LogP contribution in [0.2, 0.25) is 0 Å². The predicted octanol–water partition coefficient (Wildman–Crippen LogP) is -0.343. The fraction of sp³-hybridized carbons (Fsp3) is 0.917. The normalized spacial score (nSPS) is 35.9. The van der Waals surface area contributed by atoms with Crippen LogP contribution in [0.15, 0.2) is 0 Å². The first kappa shape index (κ1) is 12.8. The van der Waals surface area contributed by atoms with E-state index in [0.29, 0.717) is 19.6 Å². The second-order valence-electron chi connectivity index (χ2n) is 5.42. The van der Waals surface area contributed by atoms with E-state index >= 15 is 0 Å². The van der Waals surface area contributed by atoms with Gasteiger partial charge < -0.3 is 20.3 Å². The summed E-state index contributed by atoms with van der Waals surface area (Å²) in [5, 5.41) is 0. The molecule has 2 atom stereocenters. The van der Waals surface area contributed by atoms with Gasteiger partial charge in [0.25, 0.3) is 0 Å². The summed E-state index contributed by atoms with van der Waals surface area (Å²) in [5.41, 5.74) is 5.37. The molecule has 2 N–H and O–H groups in total. The summed E-state index contributed by atoms with van der Waals surface area (Å²) in [6.45, 7) is 5.84. The number of nitrogens with zero attached hydrogens (tertiary/aromatic N) is 2. The number of carbonyl (C=O) groups excluding carboxylic acids is 1. The number of amides is 1. The van der Waals surface area contributed by atoms with Crippen molar-refractivity contribution in [2.24, 2.45) is 5.73 Å². The molecule has 2 rings (SSSR count). The third kappa shape index (κ3) is 2.61. The molecule has 2 heterocycles. The van der Waals surface area contributed by atoms with Gasteiger partial charge in [-0.05, 0) is 33.4 Å². The van der Waals surface area contributed by atoms with Gasteiger partial charge in [-0.1, -0.05) is 0 Å². The second-order valence-corrected chi connectivity index (χ2v) is 5.42. The van der Waals surface area contributed by atoms with Crippen LogP contribution in [0.3, 0.4) is 0 Å². The molecule has 0 saturated carbocycles. The quantitative estimate of drug-likeness (QED) is 0.682. The third-order valence-corrected chi connectivity index (χ3v) is 3.79. The fourth-order valence-corrected chi connectivity index (χ4v) is 2.71. The molecule has 2 fully saturated rings. The molecule has 98 valence electrons. The third-order valence-electron chi connectivity index (χ3n) is 3.79. The zero-order valence-corrected chi connectivity index (χ0v) is 10.8. The van der Waals surface area contributed by atoms with Crippen LogP contribution in [0.4, 0.5) is 0 Å². The topological polar surface area (TPSA) is 58.8 Å². The second kappa shape index (κ2) is 4.92. The van der Waals surface area contributed by atoms with Crippen molar-refractivity contribution >= 4 is 5.91 Å². The van der Waals surface area contributed by atoms with Crippen molar-refractivity contribution in [3.63, 3.8) is 0 Å². The molecule has 2 unspecified atom stereocenters. The van der Waals surface area contributed by atoms with Crippen LogP contribution in [0.25, 0.3) is 0 Å². The van der Waals surface area contributed by atoms with Crippen molar-refractivity contribution in [3.05, 3.63) is 0 Å². The van der Waals surface area contributed by atoms with Gasteiger partial charge in [-0.2, -0.15) is 0 Å². The van der Waals surface area contributed by atoms with Gasteiger partial charge in [0, 0.05) is 25.7 Å². The molecule has 0 spiro atoms. The predicted molar refractivity (Wildman–Crippen MR) is 65.6 cm³/mol. The Labute approximate surface area is 103 Å². The average Bonchev–Trinajstić information content (AvgIpc) is 2.64. The van der Waals surface area contributed by atoms with E-state index in [-0.39, 0.29) is 11.9 Å². The molecule has 0 aromatic rings. The van der Waals surface area contributed by atoms with Crippen LogP contribution >= 0.6 is 0 Å². The Hall–Kier alpha value is -0.650. The monoisotopic (exact) mass is 241 g/mol. The first-order valence-electron chi connectivity index (χ1n) is 6.39. The number of ether oxygens (including phenoxy) is 1. The van der Waals surface area contributed by atoms with Crippen molar-refractivity contribution in [1.82, 2.24) is 9.80 Å². The Morgan fingerprint density at radius 3 is 2.88 bits per heavy atom. The molecule has 17 heavy (non-hydrogen) atoms. The van der Waals surface area contributed by atoms with E-state index in [0.717, 1.165) is 26.1 Å². The van der Waals surface area contributed by atoms with E-state index in [9.17, 15) is 4.79 Å². The Morgan fingerprint density at radius 2 is 2.24 bits per heavy atom. The van der Waals surface area contributed by atoms with E-state index in [1.807, 2.05) is 4.90 Å². The highest BCUT2D eigenvalue weighted by molar-refractivity contribution is 5.87. The van der Waals surface area contributed by atoms with Crippen LogP contribution in [-0.2, 0) is 9.53 Å². The molecule has 0 bridgehead atoms. The Morgan fingerprint density at radius 1 is 1.47 bits per heavy atom. The molecule has 2 saturated heterocycles. The van der Waals surface area contributed by atoms with Crippen molar-refractivity contribution in [2.45, 2.75) is 31.3 Å². The molecular weight excluding hydrogens is 218 g/mol. The average molecular weight is 241 g/mol. The van der Waals surface area contributed by atoms with Gasteiger partial charge in [0.1, 0.15) is 5.54 Å². The van der Waals surface area contributed by atoms with E-state index in [4.69, 9.17) is 10.5 Å². The number of likely N-dealkylation sites (N-methyl/N-ethyl adjacent to an activating group) is 1. The Kier molecular flexibility index (Phi) is 3.70. The minimum absolute atomic E-state index is 0.0674. The van der Waals surface area contributed by atoms with Crippen LogP contribution in [-0.4, -0.2) is 67.2 Å². The molecule has 2 aliphatic heterocycles. The van der Waals surface area contributed by atoms with Gasteiger partial charge in [0.05, 0.1) is 6.61 Å². The summed E-state index contributed by atoms with van der Waals surface area (Å²) in [7, 11) is 2.10. The van der Waals surface area contributed by atoms with Crippen molar-refractivity contribution in [1.29, 1.82) is 0 Å². The Bertz CT molecular complexity index is 289. The minimum atomic E-state index is -0.781. The number of rotatable bonds is 1. The lowest BCUT2D eigenvalue weighted by Gasteiger charge is -2.34. The summed E-state index contributed by atoms with van der Waals surface area (Å²) in [4.78, 5) is 16.7. The molecule has 0 aliphatic carbocycles. The smallest absolute Gasteiger partial charge is 0.245 e. The number of hydrogen-bond acceptors (Lipinski definition) is 4. The largest absolute Gasteiger partial charge is 0.379 e. The van der Waals surface area contributed by atoms with E-state index in [2.05, 4.69) is 18.9 Å². The summed E-state index contributed by atoms with van der Waals surface area (Å²) in [6.07, 6.45) is 1.66. The summed E-state index contributed by atoms with van der Waals surface area (Å²) in [5.74, 6) is 0.0674. The van der Waals surface area contributed by atoms with Crippen LogP contribution in [0, 0.1) is 0 Å². The molecular formula is C12H23N3O2. The molecule has 0 radical (unpaired) electrons. The zero-order chi connectivity index (χ0) is 12.5. The highest BCUT2D eigenvalue weighted by atomic mass is 16.5. The van der Waals surface area contributed by atoms with E-state index in [1.54, 1.807) is 0 Å². The number of carbonyl (C=O) groups is 1. The SMILES string of the molecule is CC1CN(C)CCCN1C(=O)C1(N)CCOC1. The van der Waals surface area contributed by atoms with Crippen molar-refractivity contribution in [3.8, 4) is 0 Å². The van der Waals surface area contributed by atoms with Gasteiger partial charge in [-0.15, -0.1) is 0 Å². The molecule has 0 aromatic carbocycles. The lowest BCUT2D eigenvalue weighted by Crippen LogP contribution is -2.58. The summed E-state index contributed by atoms with van der Waals surface area (Å²) in [6, 6.07) is 0.232. The highest BCUT2D eigenvalue weighted by Crippen LogP contribution is 2.21. The maximum absolute atomic E-state index is 12.5. The summed E-state index contributed by atoms with van der Waals surface area (Å²) >= 11 is 0. The molecule has 5 nitrogen and oxygen atoms in total. The first-order chi connectivity index (χ1) is 8.03. The lowest BCUT2D eigenvalue weighted by atomic mass is 9.97. The van der Waals surface area contributed by atoms with Crippen molar-refractivity contribution < 1.29 is 9.53 Å². The minimum Gasteiger partial charge on any atom is -0.379 e.